The smallest absolute Gasteiger partial charge is 0.407 e. The average Bonchev–Trinajstić information content (AvgIpc) is 3.39. The summed E-state index contributed by atoms with van der Waals surface area (Å²) in [5.74, 6) is -1.61. The van der Waals surface area contributed by atoms with Gasteiger partial charge >= 0.3 is 12.1 Å². The van der Waals surface area contributed by atoms with Gasteiger partial charge in [0, 0.05) is 12.0 Å². The first-order valence-corrected chi connectivity index (χ1v) is 11.1. The van der Waals surface area contributed by atoms with Crippen LogP contribution in [0.15, 0.2) is 48.5 Å². The second-order valence-electron chi connectivity index (χ2n) is 8.48. The normalized spacial score (nSPS) is 20.2. The van der Waals surface area contributed by atoms with Crippen LogP contribution in [0.25, 0.3) is 11.1 Å². The van der Waals surface area contributed by atoms with Gasteiger partial charge in [0.05, 0.1) is 5.92 Å². The Morgan fingerprint density at radius 1 is 1.03 bits per heavy atom. The summed E-state index contributed by atoms with van der Waals surface area (Å²) in [4.78, 5) is 36.2. The van der Waals surface area contributed by atoms with E-state index in [1.807, 2.05) is 31.2 Å². The van der Waals surface area contributed by atoms with Gasteiger partial charge in [-0.2, -0.15) is 0 Å². The second kappa shape index (κ2) is 9.42. The highest BCUT2D eigenvalue weighted by Crippen LogP contribution is 2.44. The van der Waals surface area contributed by atoms with Gasteiger partial charge in [0.15, 0.2) is 0 Å². The molecule has 0 spiro atoms. The van der Waals surface area contributed by atoms with E-state index in [0.29, 0.717) is 25.7 Å². The molecular formula is C25H28N2O5. The van der Waals surface area contributed by atoms with Crippen LogP contribution in [-0.4, -0.2) is 41.8 Å². The van der Waals surface area contributed by atoms with Crippen molar-refractivity contribution in [2.24, 2.45) is 5.92 Å². The monoisotopic (exact) mass is 436 g/mol. The highest BCUT2D eigenvalue weighted by molar-refractivity contribution is 5.86. The van der Waals surface area contributed by atoms with Crippen molar-refractivity contribution in [2.45, 2.75) is 50.6 Å². The van der Waals surface area contributed by atoms with Crippen LogP contribution in [-0.2, 0) is 14.3 Å². The van der Waals surface area contributed by atoms with Crippen LogP contribution in [0.2, 0.25) is 0 Å². The number of carboxylic acid groups (broad SMARTS) is 1. The molecule has 7 heteroatoms. The minimum absolute atomic E-state index is 0.0477. The van der Waals surface area contributed by atoms with Crippen molar-refractivity contribution in [3.8, 4) is 11.1 Å². The lowest BCUT2D eigenvalue weighted by Gasteiger charge is -2.20. The predicted octanol–water partition coefficient (Wildman–Crippen LogP) is 3.67. The van der Waals surface area contributed by atoms with Gasteiger partial charge in [-0.1, -0.05) is 55.5 Å². The number of carbonyl (C=O) groups is 3. The van der Waals surface area contributed by atoms with Crippen LogP contribution in [0, 0.1) is 5.92 Å². The van der Waals surface area contributed by atoms with Gasteiger partial charge in [-0.15, -0.1) is 0 Å². The maximum absolute atomic E-state index is 12.6. The Morgan fingerprint density at radius 2 is 1.66 bits per heavy atom. The standard InChI is InChI=1S/C25H28N2O5/c1-2-22(23(28)26-16-12-11-15(13-16)24(29)30)27-25(31)32-14-21-19-9-5-3-7-17(19)18-8-4-6-10-20(18)21/h3-10,15-16,21-22H,2,11-14H2,1H3,(H,26,28)(H,27,31)(H,29,30). The molecule has 4 rings (SSSR count). The van der Waals surface area contributed by atoms with Crippen molar-refractivity contribution in [1.29, 1.82) is 0 Å². The quantitative estimate of drug-likeness (QED) is 0.614. The number of aliphatic carboxylic acids is 1. The van der Waals surface area contributed by atoms with Gasteiger partial charge in [0.25, 0.3) is 0 Å². The summed E-state index contributed by atoms with van der Waals surface area (Å²) < 4.78 is 5.53. The van der Waals surface area contributed by atoms with Crippen molar-refractivity contribution < 1.29 is 24.2 Å². The zero-order valence-electron chi connectivity index (χ0n) is 18.0. The molecule has 2 amide bonds. The molecule has 32 heavy (non-hydrogen) atoms. The molecule has 2 aliphatic rings. The van der Waals surface area contributed by atoms with E-state index in [-0.39, 0.29) is 24.5 Å². The summed E-state index contributed by atoms with van der Waals surface area (Å²) in [6.45, 7) is 1.99. The maximum atomic E-state index is 12.6. The third kappa shape index (κ3) is 4.47. The van der Waals surface area contributed by atoms with Crippen LogP contribution < -0.4 is 10.6 Å². The number of ether oxygens (including phenoxy) is 1. The number of nitrogens with one attached hydrogen (secondary N) is 2. The number of carboxylic acids is 1. The van der Waals surface area contributed by atoms with Crippen molar-refractivity contribution in [2.75, 3.05) is 6.61 Å². The van der Waals surface area contributed by atoms with Gasteiger partial charge in [0.1, 0.15) is 12.6 Å². The molecular weight excluding hydrogens is 408 g/mol. The van der Waals surface area contributed by atoms with E-state index in [1.165, 1.54) is 0 Å². The van der Waals surface area contributed by atoms with Crippen LogP contribution in [0.3, 0.4) is 0 Å². The number of rotatable bonds is 7. The lowest BCUT2D eigenvalue weighted by Crippen LogP contribution is -2.49. The fourth-order valence-corrected chi connectivity index (χ4v) is 4.77. The Balaban J connectivity index is 1.33. The lowest BCUT2D eigenvalue weighted by atomic mass is 9.98. The first-order chi connectivity index (χ1) is 15.5. The molecule has 0 heterocycles. The fourth-order valence-electron chi connectivity index (χ4n) is 4.77. The summed E-state index contributed by atoms with van der Waals surface area (Å²) in [6.07, 6.45) is 1.37. The van der Waals surface area contributed by atoms with E-state index in [2.05, 4.69) is 34.9 Å². The maximum Gasteiger partial charge on any atom is 0.407 e. The molecule has 1 saturated carbocycles. The first kappa shape index (κ1) is 21.9. The summed E-state index contributed by atoms with van der Waals surface area (Å²) >= 11 is 0. The number of alkyl carbamates (subject to hydrolysis) is 1. The van der Waals surface area contributed by atoms with E-state index in [9.17, 15) is 14.4 Å². The van der Waals surface area contributed by atoms with Gasteiger partial charge in [-0.3, -0.25) is 9.59 Å². The number of benzene rings is 2. The second-order valence-corrected chi connectivity index (χ2v) is 8.48. The molecule has 0 saturated heterocycles. The minimum Gasteiger partial charge on any atom is -0.481 e. The van der Waals surface area contributed by atoms with E-state index in [0.717, 1.165) is 22.3 Å². The lowest BCUT2D eigenvalue weighted by molar-refractivity contribution is -0.141. The van der Waals surface area contributed by atoms with Crippen LogP contribution in [0.4, 0.5) is 4.79 Å². The third-order valence-electron chi connectivity index (χ3n) is 6.49. The molecule has 3 unspecified atom stereocenters. The Morgan fingerprint density at radius 3 is 2.22 bits per heavy atom. The zero-order chi connectivity index (χ0) is 22.7. The topological polar surface area (TPSA) is 105 Å². The van der Waals surface area contributed by atoms with Gasteiger partial charge in [0.2, 0.25) is 5.91 Å². The highest BCUT2D eigenvalue weighted by Gasteiger charge is 2.33. The van der Waals surface area contributed by atoms with E-state index in [1.54, 1.807) is 0 Å². The Hall–Kier alpha value is -3.35. The average molecular weight is 437 g/mol. The minimum atomic E-state index is -0.828. The molecule has 2 aliphatic carbocycles. The summed E-state index contributed by atoms with van der Waals surface area (Å²) in [6, 6.07) is 15.3. The number of hydrogen-bond acceptors (Lipinski definition) is 4. The number of fused-ring (bicyclic) bond motifs is 3. The number of amides is 2. The molecule has 0 aliphatic heterocycles. The summed E-state index contributed by atoms with van der Waals surface area (Å²) in [5.41, 5.74) is 4.55. The molecule has 1 fully saturated rings. The number of hydrogen-bond donors (Lipinski definition) is 3. The third-order valence-corrected chi connectivity index (χ3v) is 6.49. The van der Waals surface area contributed by atoms with E-state index in [4.69, 9.17) is 9.84 Å². The van der Waals surface area contributed by atoms with Crippen molar-refractivity contribution in [3.05, 3.63) is 59.7 Å². The van der Waals surface area contributed by atoms with Gasteiger partial charge in [-0.05, 0) is 47.9 Å². The molecule has 2 aromatic carbocycles. The number of carbonyl (C=O) groups excluding carboxylic acids is 2. The molecule has 0 radical (unpaired) electrons. The summed E-state index contributed by atoms with van der Waals surface area (Å²) in [7, 11) is 0. The zero-order valence-corrected chi connectivity index (χ0v) is 18.0. The summed E-state index contributed by atoms with van der Waals surface area (Å²) in [5, 5.41) is 14.7. The van der Waals surface area contributed by atoms with Crippen molar-refractivity contribution in [3.63, 3.8) is 0 Å². The largest absolute Gasteiger partial charge is 0.481 e. The first-order valence-electron chi connectivity index (χ1n) is 11.1. The van der Waals surface area contributed by atoms with Crippen LogP contribution >= 0.6 is 0 Å². The molecule has 3 N–H and O–H groups in total. The van der Waals surface area contributed by atoms with Gasteiger partial charge in [-0.25, -0.2) is 4.79 Å². The molecule has 3 atom stereocenters. The SMILES string of the molecule is CCC(NC(=O)OCC1c2ccccc2-c2ccccc21)C(=O)NC1CCC(C(=O)O)C1. The Labute approximate surface area is 187 Å². The Bertz CT molecular complexity index is 975. The molecule has 0 bridgehead atoms. The fraction of sp³-hybridized carbons (Fsp3) is 0.400. The van der Waals surface area contributed by atoms with E-state index >= 15 is 0 Å². The van der Waals surface area contributed by atoms with Crippen LogP contribution in [0.1, 0.15) is 49.7 Å². The highest BCUT2D eigenvalue weighted by atomic mass is 16.5. The van der Waals surface area contributed by atoms with Crippen molar-refractivity contribution in [1.82, 2.24) is 10.6 Å². The van der Waals surface area contributed by atoms with Crippen molar-refractivity contribution >= 4 is 18.0 Å². The predicted molar refractivity (Wildman–Crippen MR) is 119 cm³/mol. The van der Waals surface area contributed by atoms with Gasteiger partial charge < -0.3 is 20.5 Å². The Kier molecular flexibility index (Phi) is 6.44. The molecule has 2 aromatic rings. The molecule has 168 valence electrons. The molecule has 0 aromatic heterocycles. The van der Waals surface area contributed by atoms with Crippen LogP contribution in [0.5, 0.6) is 0 Å². The molecule has 7 nitrogen and oxygen atoms in total. The van der Waals surface area contributed by atoms with E-state index < -0.39 is 24.0 Å².